The van der Waals surface area contributed by atoms with Crippen LogP contribution in [0.1, 0.15) is 5.56 Å². The molecule has 2 atom stereocenters. The zero-order valence-corrected chi connectivity index (χ0v) is 26.5. The Morgan fingerprint density at radius 1 is 0.510 bits per heavy atom. The van der Waals surface area contributed by atoms with Crippen LogP contribution in [0.25, 0.3) is 54.6 Å². The second-order valence-corrected chi connectivity index (χ2v) is 12.7. The fourth-order valence-electron chi connectivity index (χ4n) is 7.37. The molecule has 2 unspecified atom stereocenters. The van der Waals surface area contributed by atoms with E-state index in [0.29, 0.717) is 5.90 Å². The standard InChI is InChI=1S/C45H30N2O2/c1-2-10-29(11-3-1)31-18-21-34(22-19-31)47(35-23-20-30-12-4-5-13-32(30)26-35)36-24-25-38-41(28-36)48-42-27-33-14-6-7-15-37(33)44(43(38)42)45-46-39-16-8-9-17-40(39)49-45/h1-28,39-40H. The number of benzene rings is 7. The Morgan fingerprint density at radius 2 is 1.20 bits per heavy atom. The van der Waals surface area contributed by atoms with Crippen LogP contribution in [0.15, 0.2) is 179 Å². The normalized spacial score (nSPS) is 16.7. The van der Waals surface area contributed by atoms with Gasteiger partial charge in [0.25, 0.3) is 0 Å². The van der Waals surface area contributed by atoms with Crippen molar-refractivity contribution in [1.82, 2.24) is 0 Å². The second-order valence-electron chi connectivity index (χ2n) is 12.7. The Kier molecular flexibility index (Phi) is 6.28. The van der Waals surface area contributed by atoms with Gasteiger partial charge in [-0.3, -0.25) is 0 Å². The van der Waals surface area contributed by atoms with Gasteiger partial charge in [-0.15, -0.1) is 0 Å². The van der Waals surface area contributed by atoms with Gasteiger partial charge in [0, 0.05) is 33.9 Å². The Morgan fingerprint density at radius 3 is 2.06 bits per heavy atom. The highest BCUT2D eigenvalue weighted by Crippen LogP contribution is 2.43. The van der Waals surface area contributed by atoms with Crippen LogP contribution in [0.3, 0.4) is 0 Å². The van der Waals surface area contributed by atoms with Crippen LogP contribution < -0.4 is 4.90 Å². The van der Waals surface area contributed by atoms with Crippen molar-refractivity contribution < 1.29 is 9.15 Å². The minimum Gasteiger partial charge on any atom is -0.467 e. The van der Waals surface area contributed by atoms with E-state index >= 15 is 0 Å². The van der Waals surface area contributed by atoms with Crippen molar-refractivity contribution in [2.45, 2.75) is 12.1 Å². The molecule has 1 aromatic heterocycles. The highest BCUT2D eigenvalue weighted by molar-refractivity contribution is 6.24. The molecule has 0 amide bonds. The molecular formula is C45H30N2O2. The van der Waals surface area contributed by atoms with Crippen molar-refractivity contribution in [3.8, 4) is 11.1 Å². The Bertz CT molecular complexity index is 2650. The van der Waals surface area contributed by atoms with Crippen LogP contribution in [0.4, 0.5) is 17.1 Å². The Labute approximate surface area is 283 Å². The number of rotatable bonds is 5. The predicted molar refractivity (Wildman–Crippen MR) is 202 cm³/mol. The van der Waals surface area contributed by atoms with E-state index in [1.807, 2.05) is 18.2 Å². The maximum atomic E-state index is 6.72. The largest absolute Gasteiger partial charge is 0.467 e. The minimum absolute atomic E-state index is 0.0254. The van der Waals surface area contributed by atoms with E-state index in [9.17, 15) is 0 Å². The van der Waals surface area contributed by atoms with Crippen LogP contribution in [0.5, 0.6) is 0 Å². The topological polar surface area (TPSA) is 38.0 Å². The fraction of sp³-hybridized carbons (Fsp3) is 0.0444. The van der Waals surface area contributed by atoms with E-state index in [-0.39, 0.29) is 12.1 Å². The number of hydrogen-bond acceptors (Lipinski definition) is 4. The molecule has 1 aliphatic carbocycles. The first kappa shape index (κ1) is 27.7. The molecule has 232 valence electrons. The Balaban J connectivity index is 1.15. The molecule has 0 spiro atoms. The van der Waals surface area contributed by atoms with Crippen molar-refractivity contribution in [3.63, 3.8) is 0 Å². The maximum Gasteiger partial charge on any atom is 0.218 e. The first-order valence-corrected chi connectivity index (χ1v) is 16.7. The monoisotopic (exact) mass is 630 g/mol. The summed E-state index contributed by atoms with van der Waals surface area (Å²) in [6, 6.07) is 51.5. The van der Waals surface area contributed by atoms with Crippen molar-refractivity contribution in [3.05, 3.63) is 175 Å². The lowest BCUT2D eigenvalue weighted by atomic mass is 9.98. The molecule has 0 saturated carbocycles. The molecular weight excluding hydrogens is 601 g/mol. The van der Waals surface area contributed by atoms with Crippen LogP contribution in [-0.2, 0) is 4.74 Å². The summed E-state index contributed by atoms with van der Waals surface area (Å²) in [6.45, 7) is 0. The number of anilines is 3. The zero-order chi connectivity index (χ0) is 32.3. The number of fused-ring (bicyclic) bond motifs is 6. The van der Waals surface area contributed by atoms with Gasteiger partial charge in [-0.05, 0) is 81.2 Å². The molecule has 4 nitrogen and oxygen atoms in total. The third-order valence-electron chi connectivity index (χ3n) is 9.73. The predicted octanol–water partition coefficient (Wildman–Crippen LogP) is 11.7. The van der Waals surface area contributed by atoms with Crippen molar-refractivity contribution >= 4 is 66.4 Å². The second kappa shape index (κ2) is 11.1. The average Bonchev–Trinajstić information content (AvgIpc) is 3.75. The molecule has 0 N–H and O–H groups in total. The zero-order valence-electron chi connectivity index (χ0n) is 26.5. The summed E-state index contributed by atoms with van der Waals surface area (Å²) in [4.78, 5) is 7.36. The molecule has 0 radical (unpaired) electrons. The van der Waals surface area contributed by atoms with Gasteiger partial charge in [0.2, 0.25) is 5.90 Å². The van der Waals surface area contributed by atoms with Crippen LogP contribution >= 0.6 is 0 Å². The van der Waals surface area contributed by atoms with Crippen molar-refractivity contribution in [2.24, 2.45) is 4.99 Å². The molecule has 0 saturated heterocycles. The van der Waals surface area contributed by atoms with Crippen LogP contribution in [0, 0.1) is 0 Å². The summed E-state index contributed by atoms with van der Waals surface area (Å²) in [5.74, 6) is 0.663. The number of ether oxygens (including phenoxy) is 1. The minimum atomic E-state index is -0.0948. The molecule has 8 aromatic rings. The van der Waals surface area contributed by atoms with Gasteiger partial charge in [-0.1, -0.05) is 115 Å². The van der Waals surface area contributed by atoms with E-state index in [1.54, 1.807) is 0 Å². The SMILES string of the molecule is C1=CC2N=C(c3c4ccccc4cc4oc5cc(N(c6ccc(-c7ccccc7)cc6)c6ccc7ccccc7c6)ccc5c34)OC2C=C1. The molecule has 0 fully saturated rings. The summed E-state index contributed by atoms with van der Waals surface area (Å²) >= 11 is 0. The van der Waals surface area contributed by atoms with E-state index in [1.165, 1.54) is 21.9 Å². The molecule has 10 rings (SSSR count). The fourth-order valence-corrected chi connectivity index (χ4v) is 7.37. The average molecular weight is 631 g/mol. The third-order valence-corrected chi connectivity index (χ3v) is 9.73. The van der Waals surface area contributed by atoms with Gasteiger partial charge in [0.05, 0.1) is 5.56 Å². The van der Waals surface area contributed by atoms with E-state index in [4.69, 9.17) is 14.1 Å². The highest BCUT2D eigenvalue weighted by atomic mass is 16.5. The maximum absolute atomic E-state index is 6.72. The lowest BCUT2D eigenvalue weighted by molar-refractivity contribution is 0.255. The van der Waals surface area contributed by atoms with Gasteiger partial charge in [-0.25, -0.2) is 4.99 Å². The first-order valence-electron chi connectivity index (χ1n) is 16.7. The summed E-state index contributed by atoms with van der Waals surface area (Å²) < 4.78 is 13.2. The number of hydrogen-bond donors (Lipinski definition) is 0. The van der Waals surface area contributed by atoms with Crippen LogP contribution in [0.2, 0.25) is 0 Å². The highest BCUT2D eigenvalue weighted by Gasteiger charge is 2.32. The summed E-state index contributed by atoms with van der Waals surface area (Å²) in [5, 5.41) is 6.64. The molecule has 2 aliphatic rings. The third kappa shape index (κ3) is 4.64. The lowest BCUT2D eigenvalue weighted by Gasteiger charge is -2.26. The molecule has 1 aliphatic heterocycles. The molecule has 49 heavy (non-hydrogen) atoms. The smallest absolute Gasteiger partial charge is 0.218 e. The quantitative estimate of drug-likeness (QED) is 0.190. The van der Waals surface area contributed by atoms with Gasteiger partial charge in [0.1, 0.15) is 23.3 Å². The summed E-state index contributed by atoms with van der Waals surface area (Å²) in [6.07, 6.45) is 8.16. The number of nitrogens with zero attached hydrogens (tertiary/aromatic N) is 2. The molecule has 2 heterocycles. The van der Waals surface area contributed by atoms with Gasteiger partial charge < -0.3 is 14.1 Å². The van der Waals surface area contributed by atoms with E-state index < -0.39 is 0 Å². The number of aliphatic imine (C=N–C) groups is 1. The van der Waals surface area contributed by atoms with Gasteiger partial charge >= 0.3 is 0 Å². The van der Waals surface area contributed by atoms with E-state index in [2.05, 4.69) is 157 Å². The number of allylic oxidation sites excluding steroid dienone is 2. The molecule has 0 bridgehead atoms. The van der Waals surface area contributed by atoms with Gasteiger partial charge in [0.15, 0.2) is 0 Å². The number of furan rings is 1. The summed E-state index contributed by atoms with van der Waals surface area (Å²) in [5.41, 5.74) is 8.14. The first-order chi connectivity index (χ1) is 24.3. The van der Waals surface area contributed by atoms with Crippen molar-refractivity contribution in [2.75, 3.05) is 4.90 Å². The van der Waals surface area contributed by atoms with E-state index in [0.717, 1.165) is 55.3 Å². The summed E-state index contributed by atoms with van der Waals surface area (Å²) in [7, 11) is 0. The van der Waals surface area contributed by atoms with Crippen LogP contribution in [-0.4, -0.2) is 18.0 Å². The van der Waals surface area contributed by atoms with Crippen molar-refractivity contribution in [1.29, 1.82) is 0 Å². The Hall–Kier alpha value is -6.39. The lowest BCUT2D eigenvalue weighted by Crippen LogP contribution is -2.19. The molecule has 7 aromatic carbocycles. The molecule has 4 heteroatoms. The van der Waals surface area contributed by atoms with Gasteiger partial charge in [-0.2, -0.15) is 0 Å².